The largest absolute Gasteiger partial charge is 0.492 e. The van der Waals surface area contributed by atoms with Crippen LogP contribution >= 0.6 is 15.9 Å². The van der Waals surface area contributed by atoms with Gasteiger partial charge in [-0.2, -0.15) is 4.31 Å². The first kappa shape index (κ1) is 22.7. The molecule has 0 unspecified atom stereocenters. The summed E-state index contributed by atoms with van der Waals surface area (Å²) in [4.78, 5) is 0.0268. The van der Waals surface area contributed by atoms with E-state index in [0.29, 0.717) is 24.2 Å². The number of benzene rings is 2. The Bertz CT molecular complexity index is 1040. The van der Waals surface area contributed by atoms with Gasteiger partial charge in [0.25, 0.3) is 10.0 Å². The smallest absolute Gasteiger partial charge is 0.263 e. The van der Waals surface area contributed by atoms with Crippen LogP contribution in [0.5, 0.6) is 5.75 Å². The fourth-order valence-electron chi connectivity index (χ4n) is 2.61. The zero-order valence-electron chi connectivity index (χ0n) is 15.8. The summed E-state index contributed by atoms with van der Waals surface area (Å²) in [6, 6.07) is 10.5. The number of hydrogen-bond acceptors (Lipinski definition) is 5. The molecule has 0 atom stereocenters. The van der Waals surface area contributed by atoms with Crippen LogP contribution in [0.2, 0.25) is 0 Å². The Morgan fingerprint density at radius 3 is 2.21 bits per heavy atom. The number of sulfonamides is 2. The topological polar surface area (TPSA) is 92.8 Å². The van der Waals surface area contributed by atoms with Gasteiger partial charge in [0.1, 0.15) is 10.6 Å². The van der Waals surface area contributed by atoms with Crippen molar-refractivity contribution in [2.45, 2.75) is 30.6 Å². The van der Waals surface area contributed by atoms with Crippen molar-refractivity contribution in [3.05, 3.63) is 46.9 Å². The molecule has 0 aliphatic carbocycles. The van der Waals surface area contributed by atoms with Gasteiger partial charge in [-0.05, 0) is 53.2 Å². The van der Waals surface area contributed by atoms with Crippen LogP contribution in [0.25, 0.3) is 0 Å². The maximum atomic E-state index is 12.8. The van der Waals surface area contributed by atoms with Gasteiger partial charge in [-0.3, -0.25) is 4.72 Å². The Morgan fingerprint density at radius 1 is 1.00 bits per heavy atom. The monoisotopic (exact) mass is 490 g/mol. The Kier molecular flexibility index (Phi) is 7.49. The van der Waals surface area contributed by atoms with Crippen LogP contribution < -0.4 is 9.46 Å². The van der Waals surface area contributed by atoms with Gasteiger partial charge in [-0.25, -0.2) is 16.8 Å². The summed E-state index contributed by atoms with van der Waals surface area (Å²) in [5, 5.41) is 0. The van der Waals surface area contributed by atoms with Gasteiger partial charge in [0.05, 0.1) is 17.2 Å². The predicted octanol–water partition coefficient (Wildman–Crippen LogP) is 3.68. The molecule has 2 aromatic carbocycles. The normalized spacial score (nSPS) is 12.2. The van der Waals surface area contributed by atoms with Crippen molar-refractivity contribution in [3.8, 4) is 5.75 Å². The van der Waals surface area contributed by atoms with E-state index in [1.54, 1.807) is 39.0 Å². The summed E-state index contributed by atoms with van der Waals surface area (Å²) in [6.07, 6.45) is 0. The number of rotatable bonds is 9. The molecule has 0 aromatic heterocycles. The van der Waals surface area contributed by atoms with Crippen molar-refractivity contribution in [1.29, 1.82) is 0 Å². The highest BCUT2D eigenvalue weighted by Crippen LogP contribution is 2.32. The second-order valence-corrected chi connectivity index (χ2v) is 10.2. The summed E-state index contributed by atoms with van der Waals surface area (Å²) in [5.74, 6) is 0.247. The molecular formula is C18H23BrN2O5S2. The lowest BCUT2D eigenvalue weighted by Gasteiger charge is -2.20. The van der Waals surface area contributed by atoms with E-state index in [0.717, 1.165) is 0 Å². The van der Waals surface area contributed by atoms with Gasteiger partial charge in [-0.1, -0.05) is 26.0 Å². The van der Waals surface area contributed by atoms with Crippen LogP contribution in [0.1, 0.15) is 20.8 Å². The third kappa shape index (κ3) is 4.86. The van der Waals surface area contributed by atoms with Crippen molar-refractivity contribution in [2.24, 2.45) is 0 Å². The van der Waals surface area contributed by atoms with Gasteiger partial charge in [0, 0.05) is 17.6 Å². The number of nitrogens with zero attached hydrogens (tertiary/aromatic N) is 1. The first-order valence-corrected chi connectivity index (χ1v) is 12.4. The molecule has 0 aliphatic heterocycles. The summed E-state index contributed by atoms with van der Waals surface area (Å²) >= 11 is 3.23. The fourth-order valence-corrected chi connectivity index (χ4v) is 6.16. The van der Waals surface area contributed by atoms with Gasteiger partial charge in [-0.15, -0.1) is 0 Å². The molecule has 1 N–H and O–H groups in total. The molecule has 0 amide bonds. The van der Waals surface area contributed by atoms with Crippen LogP contribution in [-0.4, -0.2) is 40.8 Å². The molecule has 2 rings (SSSR count). The van der Waals surface area contributed by atoms with Crippen molar-refractivity contribution in [2.75, 3.05) is 24.4 Å². The molecule has 0 saturated heterocycles. The molecular weight excluding hydrogens is 468 g/mol. The van der Waals surface area contributed by atoms with Crippen molar-refractivity contribution < 1.29 is 21.6 Å². The highest BCUT2D eigenvalue weighted by molar-refractivity contribution is 9.10. The second-order valence-electron chi connectivity index (χ2n) is 5.72. The van der Waals surface area contributed by atoms with E-state index in [2.05, 4.69) is 20.7 Å². The molecule has 7 nitrogen and oxygen atoms in total. The Labute approximate surface area is 174 Å². The number of ether oxygens (including phenoxy) is 1. The van der Waals surface area contributed by atoms with E-state index in [4.69, 9.17) is 4.74 Å². The molecule has 0 fully saturated rings. The van der Waals surface area contributed by atoms with Gasteiger partial charge in [0.2, 0.25) is 10.0 Å². The minimum absolute atomic E-state index is 0.00974. The fraction of sp³-hybridized carbons (Fsp3) is 0.333. The molecule has 0 radical (unpaired) electrons. The lowest BCUT2D eigenvalue weighted by atomic mass is 10.3. The molecule has 0 saturated carbocycles. The van der Waals surface area contributed by atoms with E-state index in [-0.39, 0.29) is 21.2 Å². The Balaban J connectivity index is 2.54. The zero-order valence-corrected chi connectivity index (χ0v) is 19.1. The molecule has 10 heteroatoms. The van der Waals surface area contributed by atoms with Gasteiger partial charge in [0.15, 0.2) is 0 Å². The second kappa shape index (κ2) is 9.25. The first-order chi connectivity index (χ1) is 13.2. The molecule has 0 heterocycles. The van der Waals surface area contributed by atoms with E-state index in [9.17, 15) is 16.8 Å². The Hall–Kier alpha value is -1.62. The molecule has 28 heavy (non-hydrogen) atoms. The standard InChI is InChI=1S/C18H23BrN2O5S2/c1-4-21(5-2)28(24,25)14-11-12-17(26-6-3)16(13-14)20-27(22,23)18-10-8-7-9-15(18)19/h7-13,20H,4-6H2,1-3H3. The molecule has 2 aromatic rings. The molecule has 0 aliphatic rings. The van der Waals surface area contributed by atoms with E-state index >= 15 is 0 Å². The molecule has 154 valence electrons. The van der Waals surface area contributed by atoms with Crippen LogP contribution in [0.15, 0.2) is 56.7 Å². The number of anilines is 1. The van der Waals surface area contributed by atoms with Crippen molar-refractivity contribution in [1.82, 2.24) is 4.31 Å². The highest BCUT2D eigenvalue weighted by atomic mass is 79.9. The third-order valence-corrected chi connectivity index (χ3v) is 8.39. The van der Waals surface area contributed by atoms with Crippen LogP contribution in [-0.2, 0) is 20.0 Å². The third-order valence-electron chi connectivity index (χ3n) is 3.96. The quantitative estimate of drug-likeness (QED) is 0.578. The summed E-state index contributed by atoms with van der Waals surface area (Å²) < 4.78 is 60.9. The van der Waals surface area contributed by atoms with Crippen molar-refractivity contribution >= 4 is 41.7 Å². The summed E-state index contributed by atoms with van der Waals surface area (Å²) in [5.41, 5.74) is 0.0610. The van der Waals surface area contributed by atoms with Crippen molar-refractivity contribution in [3.63, 3.8) is 0 Å². The highest BCUT2D eigenvalue weighted by Gasteiger charge is 2.25. The minimum Gasteiger partial charge on any atom is -0.492 e. The van der Waals surface area contributed by atoms with Crippen LogP contribution in [0, 0.1) is 0 Å². The maximum absolute atomic E-state index is 12.8. The van der Waals surface area contributed by atoms with E-state index in [1.165, 1.54) is 28.6 Å². The molecule has 0 spiro atoms. The maximum Gasteiger partial charge on any atom is 0.263 e. The average molecular weight is 491 g/mol. The SMILES string of the molecule is CCOc1ccc(S(=O)(=O)N(CC)CC)cc1NS(=O)(=O)c1ccccc1Br. The average Bonchev–Trinajstić information content (AvgIpc) is 2.64. The lowest BCUT2D eigenvalue weighted by molar-refractivity contribution is 0.341. The predicted molar refractivity (Wildman–Crippen MR) is 113 cm³/mol. The Morgan fingerprint density at radius 2 is 1.64 bits per heavy atom. The van der Waals surface area contributed by atoms with E-state index < -0.39 is 20.0 Å². The zero-order chi connectivity index (χ0) is 20.9. The van der Waals surface area contributed by atoms with Gasteiger partial charge < -0.3 is 4.74 Å². The van der Waals surface area contributed by atoms with Crippen LogP contribution in [0.3, 0.4) is 0 Å². The van der Waals surface area contributed by atoms with E-state index in [1.807, 2.05) is 0 Å². The first-order valence-electron chi connectivity index (χ1n) is 8.71. The summed E-state index contributed by atoms with van der Waals surface area (Å²) in [7, 11) is -7.71. The lowest BCUT2D eigenvalue weighted by Crippen LogP contribution is -2.30. The van der Waals surface area contributed by atoms with Crippen LogP contribution in [0.4, 0.5) is 5.69 Å². The van der Waals surface area contributed by atoms with Gasteiger partial charge >= 0.3 is 0 Å². The number of halogens is 1. The summed E-state index contributed by atoms with van der Waals surface area (Å²) in [6.45, 7) is 6.16. The minimum atomic E-state index is -3.96. The number of hydrogen-bond donors (Lipinski definition) is 1. The molecule has 0 bridgehead atoms. The number of nitrogens with one attached hydrogen (secondary N) is 1.